The van der Waals surface area contributed by atoms with Gasteiger partial charge in [0.1, 0.15) is 18.1 Å². The summed E-state index contributed by atoms with van der Waals surface area (Å²) in [4.78, 5) is 43.1. The van der Waals surface area contributed by atoms with Gasteiger partial charge in [0.25, 0.3) is 11.8 Å². The van der Waals surface area contributed by atoms with E-state index in [2.05, 4.69) is 4.98 Å². The molecule has 1 aliphatic carbocycles. The van der Waals surface area contributed by atoms with Crippen molar-refractivity contribution in [2.24, 2.45) is 5.92 Å². The van der Waals surface area contributed by atoms with Crippen LogP contribution in [0.3, 0.4) is 0 Å². The number of hydrogen-bond donors (Lipinski definition) is 1. The molecule has 5 rings (SSSR count). The summed E-state index contributed by atoms with van der Waals surface area (Å²) in [6.45, 7) is 0.297. The smallest absolute Gasteiger partial charge is 0.323 e. The van der Waals surface area contributed by atoms with Crippen LogP contribution in [-0.2, 0) is 16.1 Å². The minimum absolute atomic E-state index is 0.0786. The van der Waals surface area contributed by atoms with E-state index in [1.54, 1.807) is 12.1 Å². The lowest BCUT2D eigenvalue weighted by molar-refractivity contribution is -0.137. The van der Waals surface area contributed by atoms with Crippen molar-refractivity contribution < 1.29 is 33.4 Å². The number of halogens is 1. The summed E-state index contributed by atoms with van der Waals surface area (Å²) in [5, 5.41) is 8.96. The molecule has 1 aromatic heterocycles. The number of carboxylic acids is 1. The van der Waals surface area contributed by atoms with Gasteiger partial charge in [0.15, 0.2) is 6.10 Å². The number of carbonyl (C=O) groups is 3. The summed E-state index contributed by atoms with van der Waals surface area (Å²) in [5.41, 5.74) is 0.463. The fourth-order valence-corrected chi connectivity index (χ4v) is 4.30. The molecule has 1 aromatic carbocycles. The number of benzene rings is 1. The molecule has 2 aromatic rings. The SMILES string of the molecule is O=C(O)CN1Cc2c(F)cc(N3CC[C@@H](Oc4ccc(OCCC5CC5)nc4)C3=O)cc2C1=O. The summed E-state index contributed by atoms with van der Waals surface area (Å²) >= 11 is 0. The van der Waals surface area contributed by atoms with Crippen LogP contribution in [0.4, 0.5) is 10.1 Å². The predicted octanol–water partition coefficient (Wildman–Crippen LogP) is 2.62. The quantitative estimate of drug-likeness (QED) is 0.601. The molecule has 1 atom stereocenters. The van der Waals surface area contributed by atoms with E-state index in [9.17, 15) is 18.8 Å². The number of rotatable bonds is 9. The molecule has 9 nitrogen and oxygen atoms in total. The minimum atomic E-state index is -1.18. The highest BCUT2D eigenvalue weighted by atomic mass is 19.1. The summed E-state index contributed by atoms with van der Waals surface area (Å²) in [7, 11) is 0. The standard InChI is InChI=1S/C24H24FN3O6/c25-19-10-15(9-17-18(19)12-27(23(17)31)13-22(29)30)28-7-5-20(24(28)32)34-16-3-4-21(26-11-16)33-8-6-14-1-2-14/h3-4,9-11,14,20H,1-2,5-8,12-13H2,(H,29,30)/t20-/m1/s1. The fraction of sp³-hybridized carbons (Fsp3) is 0.417. The molecule has 34 heavy (non-hydrogen) atoms. The van der Waals surface area contributed by atoms with Crippen LogP contribution in [-0.4, -0.2) is 58.6 Å². The summed E-state index contributed by atoms with van der Waals surface area (Å²) in [5.74, 6) is -1.03. The molecular weight excluding hydrogens is 445 g/mol. The monoisotopic (exact) mass is 469 g/mol. The average molecular weight is 469 g/mol. The zero-order valence-corrected chi connectivity index (χ0v) is 18.4. The first-order valence-corrected chi connectivity index (χ1v) is 11.3. The molecular formula is C24H24FN3O6. The van der Waals surface area contributed by atoms with Gasteiger partial charge in [-0.15, -0.1) is 0 Å². The van der Waals surface area contributed by atoms with Crippen molar-refractivity contribution in [1.82, 2.24) is 9.88 Å². The molecule has 3 heterocycles. The number of aromatic nitrogens is 1. The van der Waals surface area contributed by atoms with E-state index in [0.717, 1.165) is 17.2 Å². The normalized spacial score (nSPS) is 19.5. The molecule has 0 radical (unpaired) electrons. The number of hydrogen-bond acceptors (Lipinski definition) is 6. The molecule has 1 N–H and O–H groups in total. The Bertz CT molecular complexity index is 1130. The largest absolute Gasteiger partial charge is 0.480 e. The fourth-order valence-electron chi connectivity index (χ4n) is 4.30. The lowest BCUT2D eigenvalue weighted by atomic mass is 10.1. The molecule has 10 heteroatoms. The van der Waals surface area contributed by atoms with Crippen molar-refractivity contribution in [3.8, 4) is 11.6 Å². The topological polar surface area (TPSA) is 109 Å². The Hall–Kier alpha value is -3.69. The van der Waals surface area contributed by atoms with E-state index in [4.69, 9.17) is 14.6 Å². The Kier molecular flexibility index (Phi) is 5.80. The Labute approximate surface area is 195 Å². The lowest BCUT2D eigenvalue weighted by Crippen LogP contribution is -2.32. The molecule has 178 valence electrons. The average Bonchev–Trinajstić information content (AvgIpc) is 3.49. The van der Waals surface area contributed by atoms with E-state index >= 15 is 0 Å². The van der Waals surface area contributed by atoms with Crippen LogP contribution in [0.25, 0.3) is 0 Å². The Morgan fingerprint density at radius 2 is 2.03 bits per heavy atom. The molecule has 0 unspecified atom stereocenters. The Balaban J connectivity index is 1.23. The Morgan fingerprint density at radius 3 is 2.74 bits per heavy atom. The van der Waals surface area contributed by atoms with Gasteiger partial charge < -0.3 is 24.4 Å². The minimum Gasteiger partial charge on any atom is -0.480 e. The highest BCUT2D eigenvalue weighted by molar-refractivity contribution is 6.03. The van der Waals surface area contributed by atoms with Crippen LogP contribution < -0.4 is 14.4 Å². The van der Waals surface area contributed by atoms with Crippen LogP contribution in [0.2, 0.25) is 0 Å². The van der Waals surface area contributed by atoms with E-state index in [0.29, 0.717) is 31.2 Å². The van der Waals surface area contributed by atoms with Gasteiger partial charge in [0, 0.05) is 35.8 Å². The van der Waals surface area contributed by atoms with Crippen molar-refractivity contribution in [2.75, 3.05) is 24.6 Å². The number of ether oxygens (including phenoxy) is 2. The second kappa shape index (κ2) is 8.92. The first kappa shape index (κ1) is 22.1. The van der Waals surface area contributed by atoms with Gasteiger partial charge >= 0.3 is 5.97 Å². The first-order valence-electron chi connectivity index (χ1n) is 11.3. The second-order valence-corrected chi connectivity index (χ2v) is 8.81. The zero-order chi connectivity index (χ0) is 23.8. The predicted molar refractivity (Wildman–Crippen MR) is 117 cm³/mol. The molecule has 2 aliphatic heterocycles. The van der Waals surface area contributed by atoms with Crippen molar-refractivity contribution in [1.29, 1.82) is 0 Å². The van der Waals surface area contributed by atoms with E-state index in [1.165, 1.54) is 36.1 Å². The third-order valence-electron chi connectivity index (χ3n) is 6.30. The van der Waals surface area contributed by atoms with Gasteiger partial charge in [-0.25, -0.2) is 9.37 Å². The number of anilines is 1. The Morgan fingerprint density at radius 1 is 1.21 bits per heavy atom. The number of nitrogens with zero attached hydrogens (tertiary/aromatic N) is 3. The van der Waals surface area contributed by atoms with E-state index in [1.807, 2.05) is 0 Å². The maximum absolute atomic E-state index is 14.7. The highest BCUT2D eigenvalue weighted by Gasteiger charge is 2.37. The van der Waals surface area contributed by atoms with Gasteiger partial charge in [-0.3, -0.25) is 14.4 Å². The summed E-state index contributed by atoms with van der Waals surface area (Å²) in [6.07, 6.45) is 4.70. The van der Waals surface area contributed by atoms with Crippen LogP contribution in [0.15, 0.2) is 30.5 Å². The van der Waals surface area contributed by atoms with Crippen LogP contribution in [0, 0.1) is 11.7 Å². The maximum Gasteiger partial charge on any atom is 0.323 e. The number of carbonyl (C=O) groups excluding carboxylic acids is 2. The second-order valence-electron chi connectivity index (χ2n) is 8.81. The zero-order valence-electron chi connectivity index (χ0n) is 18.4. The van der Waals surface area contributed by atoms with Gasteiger partial charge in [-0.2, -0.15) is 0 Å². The molecule has 2 fully saturated rings. The van der Waals surface area contributed by atoms with Crippen molar-refractivity contribution in [3.05, 3.63) is 47.4 Å². The third kappa shape index (κ3) is 4.52. The van der Waals surface area contributed by atoms with E-state index < -0.39 is 30.3 Å². The van der Waals surface area contributed by atoms with Crippen LogP contribution >= 0.6 is 0 Å². The molecule has 1 saturated heterocycles. The first-order chi connectivity index (χ1) is 16.4. The molecule has 2 amide bonds. The number of carboxylic acid groups (broad SMARTS) is 1. The summed E-state index contributed by atoms with van der Waals surface area (Å²) < 4.78 is 26.1. The number of fused-ring (bicyclic) bond motifs is 1. The molecule has 3 aliphatic rings. The summed E-state index contributed by atoms with van der Waals surface area (Å²) in [6, 6.07) is 6.04. The van der Waals surface area contributed by atoms with Crippen molar-refractivity contribution in [3.63, 3.8) is 0 Å². The number of aliphatic carboxylic acids is 1. The van der Waals surface area contributed by atoms with Gasteiger partial charge in [0.05, 0.1) is 19.3 Å². The van der Waals surface area contributed by atoms with Crippen LogP contribution in [0.1, 0.15) is 41.6 Å². The number of pyridine rings is 1. The van der Waals surface area contributed by atoms with Crippen molar-refractivity contribution in [2.45, 2.75) is 38.3 Å². The molecule has 0 bridgehead atoms. The van der Waals surface area contributed by atoms with Gasteiger partial charge in [-0.05, 0) is 30.5 Å². The maximum atomic E-state index is 14.7. The molecule has 0 spiro atoms. The highest BCUT2D eigenvalue weighted by Crippen LogP contribution is 2.33. The van der Waals surface area contributed by atoms with Gasteiger partial charge in [0.2, 0.25) is 5.88 Å². The van der Waals surface area contributed by atoms with E-state index in [-0.39, 0.29) is 29.3 Å². The lowest BCUT2D eigenvalue weighted by Gasteiger charge is -2.18. The third-order valence-corrected chi connectivity index (χ3v) is 6.30. The van der Waals surface area contributed by atoms with Crippen molar-refractivity contribution >= 4 is 23.5 Å². The number of amides is 2. The van der Waals surface area contributed by atoms with Gasteiger partial charge in [-0.1, -0.05) is 12.8 Å². The molecule has 1 saturated carbocycles. The van der Waals surface area contributed by atoms with Crippen LogP contribution in [0.5, 0.6) is 11.6 Å².